The van der Waals surface area contributed by atoms with E-state index in [1.54, 1.807) is 50.4 Å². The maximum absolute atomic E-state index is 12.5. The first-order chi connectivity index (χ1) is 18.1. The van der Waals surface area contributed by atoms with Crippen LogP contribution in [0.15, 0.2) is 72.8 Å². The Bertz CT molecular complexity index is 1390. The molecular weight excluding hydrogens is 505 g/mol. The van der Waals surface area contributed by atoms with Gasteiger partial charge in [-0.15, -0.1) is 13.2 Å². The molecule has 0 aliphatic heterocycles. The Kier molecular flexibility index (Phi) is 7.75. The summed E-state index contributed by atoms with van der Waals surface area (Å²) in [6, 6.07) is 19.4. The van der Waals surface area contributed by atoms with Crippen molar-refractivity contribution >= 4 is 5.97 Å². The number of carboxylic acid groups (broad SMARTS) is 1. The molecule has 8 nitrogen and oxygen atoms in total. The first kappa shape index (κ1) is 26.4. The summed E-state index contributed by atoms with van der Waals surface area (Å²) in [7, 11) is 1.56. The van der Waals surface area contributed by atoms with Gasteiger partial charge in [0.25, 0.3) is 0 Å². The van der Waals surface area contributed by atoms with Gasteiger partial charge in [0.1, 0.15) is 28.7 Å². The lowest BCUT2D eigenvalue weighted by atomic mass is 10.0. The Balaban J connectivity index is 1.61. The van der Waals surface area contributed by atoms with Gasteiger partial charge in [-0.2, -0.15) is 5.10 Å². The topological polar surface area (TPSA) is 103 Å². The summed E-state index contributed by atoms with van der Waals surface area (Å²) in [6.45, 7) is 1.31. The quantitative estimate of drug-likeness (QED) is 0.263. The van der Waals surface area contributed by atoms with Crippen LogP contribution in [0, 0.1) is 6.92 Å². The van der Waals surface area contributed by atoms with Crippen molar-refractivity contribution in [2.75, 3.05) is 13.7 Å². The zero-order valence-electron chi connectivity index (χ0n) is 20.3. The van der Waals surface area contributed by atoms with E-state index >= 15 is 0 Å². The number of benzene rings is 3. The Morgan fingerprint density at radius 3 is 2.24 bits per heavy atom. The van der Waals surface area contributed by atoms with Crippen molar-refractivity contribution in [3.05, 3.63) is 89.6 Å². The van der Waals surface area contributed by atoms with Crippen molar-refractivity contribution in [1.82, 2.24) is 10.2 Å². The van der Waals surface area contributed by atoms with Crippen molar-refractivity contribution in [2.24, 2.45) is 0 Å². The van der Waals surface area contributed by atoms with Crippen molar-refractivity contribution in [3.8, 4) is 34.3 Å². The lowest BCUT2D eigenvalue weighted by molar-refractivity contribution is -0.274. The summed E-state index contributed by atoms with van der Waals surface area (Å²) in [5.74, 6) is 0.157. The van der Waals surface area contributed by atoms with Gasteiger partial charge < -0.3 is 24.1 Å². The number of nitrogens with one attached hydrogen (secondary N) is 1. The summed E-state index contributed by atoms with van der Waals surface area (Å²) >= 11 is 0. The minimum Gasteiger partial charge on any atom is -0.497 e. The Labute approximate surface area is 215 Å². The highest BCUT2D eigenvalue weighted by Crippen LogP contribution is 2.33. The molecule has 11 heteroatoms. The first-order valence-electron chi connectivity index (χ1n) is 11.3. The number of aryl methyl sites for hydroxylation is 1. The van der Waals surface area contributed by atoms with Crippen molar-refractivity contribution in [2.45, 2.75) is 19.4 Å². The number of aromatic nitrogens is 2. The van der Waals surface area contributed by atoms with Gasteiger partial charge in [-0.3, -0.25) is 5.10 Å². The van der Waals surface area contributed by atoms with Crippen LogP contribution in [0.2, 0.25) is 0 Å². The van der Waals surface area contributed by atoms with E-state index in [0.717, 1.165) is 5.56 Å². The number of hydrogen-bond donors (Lipinski definition) is 2. The van der Waals surface area contributed by atoms with Gasteiger partial charge in [-0.25, -0.2) is 4.79 Å². The smallest absolute Gasteiger partial charge is 0.497 e. The van der Waals surface area contributed by atoms with Crippen LogP contribution in [-0.2, 0) is 4.79 Å². The highest BCUT2D eigenvalue weighted by atomic mass is 19.4. The van der Waals surface area contributed by atoms with Gasteiger partial charge >= 0.3 is 12.3 Å². The van der Waals surface area contributed by atoms with E-state index in [-0.39, 0.29) is 5.75 Å². The highest BCUT2D eigenvalue weighted by molar-refractivity contribution is 5.68. The van der Waals surface area contributed by atoms with Gasteiger partial charge in [0.05, 0.1) is 12.8 Å². The number of hydrogen-bond acceptors (Lipinski definition) is 6. The zero-order chi connectivity index (χ0) is 27.3. The third kappa shape index (κ3) is 6.75. The van der Waals surface area contributed by atoms with Crippen LogP contribution in [0.5, 0.6) is 23.0 Å². The first-order valence-corrected chi connectivity index (χ1v) is 11.3. The van der Waals surface area contributed by atoms with Gasteiger partial charge in [-0.1, -0.05) is 12.1 Å². The van der Waals surface area contributed by atoms with Gasteiger partial charge in [-0.05, 0) is 84.3 Å². The molecule has 38 heavy (non-hydrogen) atoms. The minimum absolute atomic E-state index is 0.327. The molecule has 4 aromatic rings. The Hall–Kier alpha value is -4.67. The number of aliphatic carboxylic acids is 1. The number of aromatic amines is 1. The normalized spacial score (nSPS) is 12.0. The molecule has 4 rings (SSSR count). The van der Waals surface area contributed by atoms with E-state index in [2.05, 4.69) is 14.9 Å². The van der Waals surface area contributed by atoms with Crippen LogP contribution < -0.4 is 18.9 Å². The van der Waals surface area contributed by atoms with E-state index in [4.69, 9.17) is 19.3 Å². The number of ether oxygens (including phenoxy) is 4. The maximum Gasteiger partial charge on any atom is 0.573 e. The summed E-state index contributed by atoms with van der Waals surface area (Å²) in [4.78, 5) is 10.8. The van der Waals surface area contributed by atoms with E-state index in [1.807, 2.05) is 12.1 Å². The number of halogens is 3. The summed E-state index contributed by atoms with van der Waals surface area (Å²) in [6.07, 6.45) is -5.44. The van der Waals surface area contributed by atoms with Crippen molar-refractivity contribution < 1.29 is 42.0 Å². The molecule has 198 valence electrons. The second kappa shape index (κ2) is 11.2. The number of carbonyl (C=O) groups is 1. The maximum atomic E-state index is 12.5. The summed E-state index contributed by atoms with van der Waals surface area (Å²) in [5, 5.41) is 16.2. The Morgan fingerprint density at radius 1 is 0.974 bits per heavy atom. The molecule has 1 heterocycles. The van der Waals surface area contributed by atoms with Crippen molar-refractivity contribution in [3.63, 3.8) is 0 Å². The number of carboxylic acids is 1. The average Bonchev–Trinajstić information content (AvgIpc) is 3.36. The number of rotatable bonds is 10. The van der Waals surface area contributed by atoms with Crippen LogP contribution in [0.4, 0.5) is 13.2 Å². The van der Waals surface area contributed by atoms with E-state index in [0.29, 0.717) is 39.8 Å². The number of methoxy groups -OCH3 is 1. The van der Waals surface area contributed by atoms with Crippen LogP contribution in [0.3, 0.4) is 0 Å². The molecule has 1 aromatic heterocycles. The van der Waals surface area contributed by atoms with Crippen LogP contribution in [0.1, 0.15) is 22.9 Å². The third-order valence-corrected chi connectivity index (χ3v) is 5.44. The second-order valence-corrected chi connectivity index (χ2v) is 8.16. The standard InChI is InChI=1S/C27H23F3N2O6/c1-16-13-21(11-12-24(16)36-15-25(33)34)37-26(18-5-7-19(35-2)8-6-18)23-14-22(31-32-23)17-3-9-20(10-4-17)38-27(28,29)30/h3-14,26H,15H2,1-2H3,(H,31,32)(H,33,34). The molecule has 0 bridgehead atoms. The molecule has 0 fully saturated rings. The molecule has 0 amide bonds. The summed E-state index contributed by atoms with van der Waals surface area (Å²) in [5.41, 5.74) is 3.13. The third-order valence-electron chi connectivity index (χ3n) is 5.44. The SMILES string of the molecule is COc1ccc(C(Oc2ccc(OCC(=O)O)c(C)c2)c2cc(-c3ccc(OC(F)(F)F)cc3)[nH]n2)cc1. The number of alkyl halides is 3. The van der Waals surface area contributed by atoms with Crippen LogP contribution in [0.25, 0.3) is 11.3 Å². The van der Waals surface area contributed by atoms with Crippen LogP contribution >= 0.6 is 0 Å². The minimum atomic E-state index is -4.77. The van der Waals surface area contributed by atoms with Crippen molar-refractivity contribution in [1.29, 1.82) is 0 Å². The van der Waals surface area contributed by atoms with Gasteiger partial charge in [0, 0.05) is 0 Å². The lowest BCUT2D eigenvalue weighted by Gasteiger charge is -2.19. The Morgan fingerprint density at radius 2 is 1.63 bits per heavy atom. The van der Waals surface area contributed by atoms with E-state index in [9.17, 15) is 18.0 Å². The zero-order valence-corrected chi connectivity index (χ0v) is 20.3. The molecule has 0 spiro atoms. The predicted molar refractivity (Wildman–Crippen MR) is 130 cm³/mol. The molecule has 1 atom stereocenters. The fourth-order valence-electron chi connectivity index (χ4n) is 3.67. The van der Waals surface area contributed by atoms with E-state index < -0.39 is 25.0 Å². The van der Waals surface area contributed by atoms with Gasteiger partial charge in [0.2, 0.25) is 0 Å². The molecular formula is C27H23F3N2O6. The molecule has 0 saturated carbocycles. The fraction of sp³-hybridized carbons (Fsp3) is 0.185. The van der Waals surface area contributed by atoms with Crippen LogP contribution in [-0.4, -0.2) is 41.4 Å². The average molecular weight is 528 g/mol. The second-order valence-electron chi connectivity index (χ2n) is 8.16. The molecule has 0 aliphatic carbocycles. The molecule has 3 aromatic carbocycles. The lowest BCUT2D eigenvalue weighted by Crippen LogP contribution is -2.16. The summed E-state index contributed by atoms with van der Waals surface area (Å²) < 4.78 is 58.2. The van der Waals surface area contributed by atoms with E-state index in [1.165, 1.54) is 24.3 Å². The number of nitrogens with zero attached hydrogens (tertiary/aromatic N) is 1. The molecule has 0 saturated heterocycles. The highest BCUT2D eigenvalue weighted by Gasteiger charge is 2.31. The monoisotopic (exact) mass is 528 g/mol. The molecule has 1 unspecified atom stereocenters. The van der Waals surface area contributed by atoms with Gasteiger partial charge in [0.15, 0.2) is 12.7 Å². The molecule has 0 aliphatic rings. The number of H-pyrrole nitrogens is 1. The molecule has 2 N–H and O–H groups in total. The fourth-order valence-corrected chi connectivity index (χ4v) is 3.67. The molecule has 0 radical (unpaired) electrons. The predicted octanol–water partition coefficient (Wildman–Crippen LogP) is 5.92. The largest absolute Gasteiger partial charge is 0.573 e.